The summed E-state index contributed by atoms with van der Waals surface area (Å²) in [7, 11) is 0. The number of nitriles is 1. The molecule has 0 aromatic carbocycles. The van der Waals surface area contributed by atoms with E-state index in [1.807, 2.05) is 13.0 Å². The topological polar surface area (TPSA) is 98.9 Å². The third-order valence-corrected chi connectivity index (χ3v) is 11.1. The van der Waals surface area contributed by atoms with Crippen molar-refractivity contribution in [2.24, 2.45) is 52.8 Å². The van der Waals surface area contributed by atoms with Crippen LogP contribution in [-0.4, -0.2) is 33.0 Å². The SMILES string of the molecule is C[C@@]1(O)CCC2[C@H](CC[C@H]3[C@@H]4[C@H](C5CC5)C[C@H](C(=O)CNc5cnc(C#N)nc5)[C@@]4(C)CC[C@H]23)C1. The second kappa shape index (κ2) is 8.54. The lowest BCUT2D eigenvalue weighted by Gasteiger charge is -2.57. The molecule has 1 heterocycles. The molecule has 0 saturated heterocycles. The predicted octanol–water partition coefficient (Wildman–Crippen LogP) is 4.99. The Morgan fingerprint density at radius 2 is 1.74 bits per heavy atom. The monoisotopic (exact) mass is 476 g/mol. The standard InChI is InChI=1S/C29H40N4O2/c1-28(35)9-7-20-18(12-28)5-6-22-21(20)8-10-29(2)24(11-23(27(22)29)17-3-4-17)25(34)16-31-19-14-32-26(13-30)33-15-19/h14-15,17-18,20-24,27,31,35H,3-12,16H2,1-2H3/t18-,20?,21-,22-,23+,24-,27-,28-,29-/m1/s1. The summed E-state index contributed by atoms with van der Waals surface area (Å²) >= 11 is 0. The first kappa shape index (κ1) is 23.4. The van der Waals surface area contributed by atoms with Crippen LogP contribution in [0.5, 0.6) is 0 Å². The molecule has 2 N–H and O–H groups in total. The van der Waals surface area contributed by atoms with Crippen LogP contribution in [-0.2, 0) is 4.79 Å². The van der Waals surface area contributed by atoms with Gasteiger partial charge < -0.3 is 10.4 Å². The van der Waals surface area contributed by atoms with Crippen LogP contribution in [0.25, 0.3) is 0 Å². The number of hydrogen-bond acceptors (Lipinski definition) is 6. The molecule has 0 bridgehead atoms. The summed E-state index contributed by atoms with van der Waals surface area (Å²) in [4.78, 5) is 21.7. The fourth-order valence-electron chi connectivity index (χ4n) is 9.56. The Balaban J connectivity index is 1.20. The molecule has 0 radical (unpaired) electrons. The van der Waals surface area contributed by atoms with E-state index in [4.69, 9.17) is 5.26 Å². The second-order valence-corrected chi connectivity index (χ2v) is 13.2. The maximum absolute atomic E-state index is 13.7. The minimum atomic E-state index is -0.467. The summed E-state index contributed by atoms with van der Waals surface area (Å²) in [6.45, 7) is 4.82. The molecule has 1 aromatic rings. The molecule has 5 saturated carbocycles. The number of nitrogens with zero attached hydrogens (tertiary/aromatic N) is 3. The van der Waals surface area contributed by atoms with Gasteiger partial charge in [-0.05, 0) is 118 Å². The number of hydrogen-bond donors (Lipinski definition) is 2. The molecule has 1 unspecified atom stereocenters. The normalized spacial score (nSPS) is 44.5. The molecular weight excluding hydrogens is 436 g/mol. The number of ketones is 1. The van der Waals surface area contributed by atoms with Crippen LogP contribution in [0.1, 0.15) is 83.9 Å². The van der Waals surface area contributed by atoms with Crippen molar-refractivity contribution in [2.45, 2.75) is 83.7 Å². The van der Waals surface area contributed by atoms with Crippen molar-refractivity contribution in [1.82, 2.24) is 9.97 Å². The number of anilines is 1. The minimum Gasteiger partial charge on any atom is -0.390 e. The van der Waals surface area contributed by atoms with E-state index in [1.54, 1.807) is 12.4 Å². The van der Waals surface area contributed by atoms with Crippen LogP contribution in [0.3, 0.4) is 0 Å². The highest BCUT2D eigenvalue weighted by atomic mass is 16.3. The molecule has 0 amide bonds. The predicted molar refractivity (Wildman–Crippen MR) is 133 cm³/mol. The Labute approximate surface area is 209 Å². The van der Waals surface area contributed by atoms with Gasteiger partial charge in [0.2, 0.25) is 5.82 Å². The summed E-state index contributed by atoms with van der Waals surface area (Å²) < 4.78 is 0. The van der Waals surface area contributed by atoms with E-state index in [0.29, 0.717) is 35.8 Å². The third-order valence-electron chi connectivity index (χ3n) is 11.1. The molecule has 6 heteroatoms. The number of aromatic nitrogens is 2. The molecule has 9 atom stereocenters. The molecule has 5 aliphatic rings. The Morgan fingerprint density at radius 1 is 1.03 bits per heavy atom. The highest BCUT2D eigenvalue weighted by molar-refractivity contribution is 5.86. The van der Waals surface area contributed by atoms with Gasteiger partial charge in [-0.1, -0.05) is 6.92 Å². The molecule has 1 aromatic heterocycles. The summed E-state index contributed by atoms with van der Waals surface area (Å²) in [5, 5.41) is 22.9. The largest absolute Gasteiger partial charge is 0.390 e. The highest BCUT2D eigenvalue weighted by Crippen LogP contribution is 2.69. The van der Waals surface area contributed by atoms with Gasteiger partial charge in [-0.3, -0.25) is 4.79 Å². The van der Waals surface area contributed by atoms with Crippen LogP contribution < -0.4 is 5.32 Å². The molecule has 6 rings (SSSR count). The third kappa shape index (κ3) is 4.08. The average Bonchev–Trinajstić information content (AvgIpc) is 3.64. The Morgan fingerprint density at radius 3 is 2.46 bits per heavy atom. The van der Waals surface area contributed by atoms with Crippen molar-refractivity contribution in [3.05, 3.63) is 18.2 Å². The lowest BCUT2D eigenvalue weighted by atomic mass is 9.48. The van der Waals surface area contributed by atoms with E-state index in [1.165, 1.54) is 44.9 Å². The molecule has 188 valence electrons. The molecular formula is C29H40N4O2. The van der Waals surface area contributed by atoms with E-state index >= 15 is 0 Å². The van der Waals surface area contributed by atoms with E-state index < -0.39 is 5.60 Å². The number of rotatable bonds is 5. The van der Waals surface area contributed by atoms with Gasteiger partial charge in [0.25, 0.3) is 0 Å². The number of carbonyl (C=O) groups excluding carboxylic acids is 1. The number of Topliss-reactive ketones (excluding diaryl/α,β-unsaturated/α-hetero) is 1. The zero-order valence-electron chi connectivity index (χ0n) is 21.2. The molecule has 5 aliphatic carbocycles. The number of fused-ring (bicyclic) bond motifs is 5. The first-order chi connectivity index (χ1) is 16.8. The van der Waals surface area contributed by atoms with Gasteiger partial charge in [-0.2, -0.15) is 5.26 Å². The Bertz CT molecular complexity index is 1010. The zero-order chi connectivity index (χ0) is 24.4. The molecule has 5 fully saturated rings. The van der Waals surface area contributed by atoms with Gasteiger partial charge in [0.15, 0.2) is 5.78 Å². The Kier molecular flexibility index (Phi) is 5.71. The van der Waals surface area contributed by atoms with Crippen LogP contribution >= 0.6 is 0 Å². The van der Waals surface area contributed by atoms with Crippen LogP contribution in [0.2, 0.25) is 0 Å². The zero-order valence-corrected chi connectivity index (χ0v) is 21.2. The Hall–Kier alpha value is -2.00. The first-order valence-corrected chi connectivity index (χ1v) is 14.0. The van der Waals surface area contributed by atoms with Crippen molar-refractivity contribution in [2.75, 3.05) is 11.9 Å². The second-order valence-electron chi connectivity index (χ2n) is 13.2. The minimum absolute atomic E-state index is 0.112. The van der Waals surface area contributed by atoms with Crippen LogP contribution in [0.15, 0.2) is 12.4 Å². The fourth-order valence-corrected chi connectivity index (χ4v) is 9.56. The van der Waals surface area contributed by atoms with E-state index in [0.717, 1.165) is 42.9 Å². The number of carbonyl (C=O) groups is 1. The van der Waals surface area contributed by atoms with Crippen molar-refractivity contribution in [1.29, 1.82) is 5.26 Å². The van der Waals surface area contributed by atoms with E-state index in [-0.39, 0.29) is 17.2 Å². The lowest BCUT2D eigenvalue weighted by molar-refractivity contribution is -0.131. The van der Waals surface area contributed by atoms with Crippen molar-refractivity contribution in [3.63, 3.8) is 0 Å². The van der Waals surface area contributed by atoms with Crippen molar-refractivity contribution in [3.8, 4) is 6.07 Å². The van der Waals surface area contributed by atoms with Crippen molar-refractivity contribution >= 4 is 11.5 Å². The van der Waals surface area contributed by atoms with Gasteiger partial charge >= 0.3 is 0 Å². The van der Waals surface area contributed by atoms with Gasteiger partial charge in [0, 0.05) is 5.92 Å². The van der Waals surface area contributed by atoms with Gasteiger partial charge in [0.1, 0.15) is 6.07 Å². The van der Waals surface area contributed by atoms with Gasteiger partial charge in [0.05, 0.1) is 30.2 Å². The quantitative estimate of drug-likeness (QED) is 0.621. The summed E-state index contributed by atoms with van der Waals surface area (Å²) in [6, 6.07) is 1.94. The first-order valence-electron chi connectivity index (χ1n) is 14.0. The van der Waals surface area contributed by atoms with Gasteiger partial charge in [-0.25, -0.2) is 9.97 Å². The molecule has 35 heavy (non-hydrogen) atoms. The fraction of sp³-hybridized carbons (Fsp3) is 0.793. The molecule has 0 spiro atoms. The van der Waals surface area contributed by atoms with Crippen LogP contribution in [0, 0.1) is 64.1 Å². The average molecular weight is 477 g/mol. The smallest absolute Gasteiger partial charge is 0.232 e. The van der Waals surface area contributed by atoms with Crippen molar-refractivity contribution < 1.29 is 9.90 Å². The van der Waals surface area contributed by atoms with Gasteiger partial charge in [-0.15, -0.1) is 0 Å². The molecule has 0 aliphatic heterocycles. The van der Waals surface area contributed by atoms with Crippen LogP contribution in [0.4, 0.5) is 5.69 Å². The summed E-state index contributed by atoms with van der Waals surface area (Å²) in [5.41, 5.74) is 0.346. The number of aliphatic hydroxyl groups is 1. The van der Waals surface area contributed by atoms with E-state index in [9.17, 15) is 9.90 Å². The highest BCUT2D eigenvalue weighted by Gasteiger charge is 2.63. The summed E-state index contributed by atoms with van der Waals surface area (Å²) in [6.07, 6.45) is 15.1. The summed E-state index contributed by atoms with van der Waals surface area (Å²) in [5.74, 6) is 5.89. The molecule has 6 nitrogen and oxygen atoms in total. The maximum Gasteiger partial charge on any atom is 0.232 e. The number of nitrogens with one attached hydrogen (secondary N) is 1. The maximum atomic E-state index is 13.7. The lowest BCUT2D eigenvalue weighted by Crippen LogP contribution is -2.52. The van der Waals surface area contributed by atoms with E-state index in [2.05, 4.69) is 22.2 Å².